The van der Waals surface area contributed by atoms with Gasteiger partial charge in [0.25, 0.3) is 0 Å². The van der Waals surface area contributed by atoms with Gasteiger partial charge in [0.1, 0.15) is 11.2 Å². The van der Waals surface area contributed by atoms with Crippen LogP contribution in [0.4, 0.5) is 11.5 Å². The van der Waals surface area contributed by atoms with Crippen LogP contribution in [-0.4, -0.2) is 42.6 Å². The first-order valence-corrected chi connectivity index (χ1v) is 9.12. The lowest BCUT2D eigenvalue weighted by Gasteiger charge is -2.35. The van der Waals surface area contributed by atoms with Gasteiger partial charge in [-0.15, -0.1) is 0 Å². The third-order valence-electron chi connectivity index (χ3n) is 3.31. The zero-order valence-corrected chi connectivity index (χ0v) is 12.8. The lowest BCUT2D eigenvalue weighted by molar-refractivity contribution is 0.579. The third-order valence-corrected chi connectivity index (χ3v) is 6.60. The molecule has 1 aliphatic rings. The highest BCUT2D eigenvalue weighted by molar-refractivity contribution is 8.01. The van der Waals surface area contributed by atoms with Gasteiger partial charge in [0.15, 0.2) is 9.84 Å². The summed E-state index contributed by atoms with van der Waals surface area (Å²) in [4.78, 5) is 6.31. The second kappa shape index (κ2) is 5.58. The van der Waals surface area contributed by atoms with E-state index in [-0.39, 0.29) is 5.75 Å². The van der Waals surface area contributed by atoms with Gasteiger partial charge in [-0.25, -0.2) is 13.4 Å². The van der Waals surface area contributed by atoms with E-state index in [2.05, 4.69) is 4.98 Å². The average molecular weight is 301 g/mol. The van der Waals surface area contributed by atoms with Crippen LogP contribution < -0.4 is 10.6 Å². The van der Waals surface area contributed by atoms with Gasteiger partial charge in [0.2, 0.25) is 0 Å². The van der Waals surface area contributed by atoms with Gasteiger partial charge in [0.05, 0.1) is 11.4 Å². The SMILES string of the molecule is CCS(=O)(=O)C1CSCCN1c1ccc(N)c(C)n1. The Kier molecular flexibility index (Phi) is 4.25. The zero-order chi connectivity index (χ0) is 14.0. The Morgan fingerprint density at radius 1 is 1.53 bits per heavy atom. The molecule has 2 N–H and O–H groups in total. The van der Waals surface area contributed by atoms with Gasteiger partial charge >= 0.3 is 0 Å². The van der Waals surface area contributed by atoms with Gasteiger partial charge in [-0.05, 0) is 19.1 Å². The molecule has 1 saturated heterocycles. The quantitative estimate of drug-likeness (QED) is 0.906. The number of sulfone groups is 1. The van der Waals surface area contributed by atoms with Crippen molar-refractivity contribution in [1.82, 2.24) is 4.98 Å². The Morgan fingerprint density at radius 3 is 2.89 bits per heavy atom. The number of rotatable bonds is 3. The highest BCUT2D eigenvalue weighted by Gasteiger charge is 2.33. The standard InChI is InChI=1S/C12H19N3O2S2/c1-3-19(16,17)12-8-18-7-6-15(12)11-5-4-10(13)9(2)14-11/h4-5,12H,3,6-8,13H2,1-2H3. The summed E-state index contributed by atoms with van der Waals surface area (Å²) in [5.41, 5.74) is 7.13. The van der Waals surface area contributed by atoms with Gasteiger partial charge in [-0.3, -0.25) is 0 Å². The molecule has 2 heterocycles. The Balaban J connectivity index is 2.37. The van der Waals surface area contributed by atoms with Crippen LogP contribution >= 0.6 is 11.8 Å². The maximum atomic E-state index is 12.2. The molecule has 5 nitrogen and oxygen atoms in total. The molecule has 106 valence electrons. The topological polar surface area (TPSA) is 76.3 Å². The maximum absolute atomic E-state index is 12.2. The smallest absolute Gasteiger partial charge is 0.171 e. The summed E-state index contributed by atoms with van der Waals surface area (Å²) in [6, 6.07) is 3.59. The van der Waals surface area contributed by atoms with E-state index in [1.807, 2.05) is 11.8 Å². The van der Waals surface area contributed by atoms with Gasteiger partial charge in [-0.2, -0.15) is 11.8 Å². The molecule has 1 atom stereocenters. The predicted molar refractivity (Wildman–Crippen MR) is 81.3 cm³/mol. The summed E-state index contributed by atoms with van der Waals surface area (Å²) in [6.07, 6.45) is 0. The van der Waals surface area contributed by atoms with E-state index in [0.29, 0.717) is 23.8 Å². The molecule has 1 aliphatic heterocycles. The van der Waals surface area contributed by atoms with Crippen LogP contribution in [-0.2, 0) is 9.84 Å². The van der Waals surface area contributed by atoms with Crippen LogP contribution in [0.3, 0.4) is 0 Å². The lowest BCUT2D eigenvalue weighted by atomic mass is 10.3. The number of aromatic nitrogens is 1. The van der Waals surface area contributed by atoms with E-state index < -0.39 is 15.2 Å². The van der Waals surface area contributed by atoms with E-state index in [1.165, 1.54) is 0 Å². The fourth-order valence-corrected chi connectivity index (χ4v) is 5.03. The summed E-state index contributed by atoms with van der Waals surface area (Å²) >= 11 is 1.68. The summed E-state index contributed by atoms with van der Waals surface area (Å²) in [5.74, 6) is 2.37. The molecule has 1 unspecified atom stereocenters. The Labute approximate surface area is 118 Å². The van der Waals surface area contributed by atoms with Crippen molar-refractivity contribution in [1.29, 1.82) is 0 Å². The maximum Gasteiger partial charge on any atom is 0.171 e. The molecule has 0 spiro atoms. The minimum absolute atomic E-state index is 0.155. The minimum atomic E-state index is -3.11. The van der Waals surface area contributed by atoms with Crippen molar-refractivity contribution in [3.63, 3.8) is 0 Å². The van der Waals surface area contributed by atoms with E-state index in [9.17, 15) is 8.42 Å². The number of aryl methyl sites for hydroxylation is 1. The molecule has 7 heteroatoms. The molecule has 0 amide bonds. The molecule has 0 aliphatic carbocycles. The summed E-state index contributed by atoms with van der Waals surface area (Å²) in [7, 11) is -3.11. The molecule has 0 radical (unpaired) electrons. The fraction of sp³-hybridized carbons (Fsp3) is 0.583. The van der Waals surface area contributed by atoms with Crippen molar-refractivity contribution in [2.24, 2.45) is 0 Å². The number of hydrogen-bond acceptors (Lipinski definition) is 6. The molecule has 2 rings (SSSR count). The number of nitrogens with two attached hydrogens (primary N) is 1. The first-order valence-electron chi connectivity index (χ1n) is 6.25. The molecule has 19 heavy (non-hydrogen) atoms. The van der Waals surface area contributed by atoms with Crippen LogP contribution in [0.25, 0.3) is 0 Å². The van der Waals surface area contributed by atoms with Crippen LogP contribution in [0.1, 0.15) is 12.6 Å². The molecule has 0 bridgehead atoms. The highest BCUT2D eigenvalue weighted by atomic mass is 32.2. The van der Waals surface area contributed by atoms with Crippen molar-refractivity contribution < 1.29 is 8.42 Å². The molecule has 1 fully saturated rings. The molecule has 0 saturated carbocycles. The van der Waals surface area contributed by atoms with E-state index in [4.69, 9.17) is 5.73 Å². The van der Waals surface area contributed by atoms with Crippen LogP contribution in [0, 0.1) is 6.92 Å². The number of thioether (sulfide) groups is 1. The molecule has 1 aromatic heterocycles. The zero-order valence-electron chi connectivity index (χ0n) is 11.2. The average Bonchev–Trinajstić information content (AvgIpc) is 2.42. The van der Waals surface area contributed by atoms with Gasteiger partial charge in [-0.1, -0.05) is 6.92 Å². The number of pyridine rings is 1. The van der Waals surface area contributed by atoms with Crippen LogP contribution in [0.5, 0.6) is 0 Å². The van der Waals surface area contributed by atoms with Crippen molar-refractivity contribution in [2.45, 2.75) is 19.2 Å². The Hall–Kier alpha value is -0.950. The Bertz CT molecular complexity index is 560. The largest absolute Gasteiger partial charge is 0.397 e. The van der Waals surface area contributed by atoms with Crippen LogP contribution in [0.2, 0.25) is 0 Å². The number of nitrogens with zero attached hydrogens (tertiary/aromatic N) is 2. The second-order valence-corrected chi connectivity index (χ2v) is 8.12. The van der Waals surface area contributed by atoms with Crippen molar-refractivity contribution >= 4 is 33.1 Å². The molecular formula is C12H19N3O2S2. The second-order valence-electron chi connectivity index (χ2n) is 4.52. The molecule has 0 aromatic carbocycles. The van der Waals surface area contributed by atoms with Crippen molar-refractivity contribution in [3.05, 3.63) is 17.8 Å². The fourth-order valence-electron chi connectivity index (χ4n) is 2.05. The first kappa shape index (κ1) is 14.5. The number of nitrogen functional groups attached to an aromatic ring is 1. The molecular weight excluding hydrogens is 282 g/mol. The summed E-state index contributed by atoms with van der Waals surface area (Å²) < 4.78 is 24.4. The Morgan fingerprint density at radius 2 is 2.26 bits per heavy atom. The minimum Gasteiger partial charge on any atom is -0.397 e. The van der Waals surface area contributed by atoms with Gasteiger partial charge < -0.3 is 10.6 Å². The number of hydrogen-bond donors (Lipinski definition) is 1. The van der Waals surface area contributed by atoms with E-state index in [0.717, 1.165) is 11.4 Å². The predicted octanol–water partition coefficient (Wildman–Crippen LogP) is 1.29. The van der Waals surface area contributed by atoms with Gasteiger partial charge in [0, 0.05) is 23.8 Å². The normalized spacial score (nSPS) is 20.5. The van der Waals surface area contributed by atoms with E-state index >= 15 is 0 Å². The molecule has 1 aromatic rings. The lowest BCUT2D eigenvalue weighted by Crippen LogP contribution is -2.48. The number of anilines is 2. The first-order chi connectivity index (χ1) is 8.95. The third kappa shape index (κ3) is 2.97. The highest BCUT2D eigenvalue weighted by Crippen LogP contribution is 2.27. The van der Waals surface area contributed by atoms with Crippen LogP contribution in [0.15, 0.2) is 12.1 Å². The summed E-state index contributed by atoms with van der Waals surface area (Å²) in [5, 5.41) is -0.480. The monoisotopic (exact) mass is 301 g/mol. The van der Waals surface area contributed by atoms with E-state index in [1.54, 1.807) is 30.8 Å². The van der Waals surface area contributed by atoms with Crippen molar-refractivity contribution in [2.75, 3.05) is 34.4 Å². The van der Waals surface area contributed by atoms with Crippen molar-refractivity contribution in [3.8, 4) is 0 Å². The summed E-state index contributed by atoms with van der Waals surface area (Å²) in [6.45, 7) is 4.22.